The van der Waals surface area contributed by atoms with E-state index in [1.54, 1.807) is 6.08 Å². The van der Waals surface area contributed by atoms with Crippen LogP contribution in [0.5, 0.6) is 0 Å². The Kier molecular flexibility index (Phi) is 6.21. The first-order valence-corrected chi connectivity index (χ1v) is 9.75. The Bertz CT molecular complexity index is 978. The molecule has 0 unspecified atom stereocenters. The molecule has 3 rings (SSSR count). The van der Waals surface area contributed by atoms with Gasteiger partial charge in [-0.2, -0.15) is 0 Å². The van der Waals surface area contributed by atoms with Crippen molar-refractivity contribution in [2.24, 2.45) is 0 Å². The quantitative estimate of drug-likeness (QED) is 0.413. The first-order valence-electron chi connectivity index (χ1n) is 8.08. The Morgan fingerprint density at radius 2 is 1.78 bits per heavy atom. The summed E-state index contributed by atoms with van der Waals surface area (Å²) in [6, 6.07) is 17.1. The normalized spacial score (nSPS) is 10.7. The first-order chi connectivity index (χ1) is 13.1. The van der Waals surface area contributed by atoms with Gasteiger partial charge < -0.3 is 10.1 Å². The fourth-order valence-corrected chi connectivity index (χ4v) is 3.71. The lowest BCUT2D eigenvalue weighted by Crippen LogP contribution is -2.11. The van der Waals surface area contributed by atoms with E-state index in [2.05, 4.69) is 21.2 Å². The Morgan fingerprint density at radius 1 is 1.07 bits per heavy atom. The maximum absolute atomic E-state index is 12.3. The molecule has 6 heteroatoms. The fourth-order valence-electron chi connectivity index (χ4n) is 2.49. The number of hydrogen-bond acceptors (Lipinski definition) is 4. The van der Waals surface area contributed by atoms with Gasteiger partial charge >= 0.3 is 5.97 Å². The summed E-state index contributed by atoms with van der Waals surface area (Å²) in [4.78, 5) is 24.6. The van der Waals surface area contributed by atoms with Crippen LogP contribution in [-0.4, -0.2) is 19.0 Å². The van der Waals surface area contributed by atoms with Crippen molar-refractivity contribution in [3.05, 3.63) is 81.7 Å². The molecule has 0 saturated carbocycles. The molecule has 1 aromatic heterocycles. The van der Waals surface area contributed by atoms with E-state index in [-0.39, 0.29) is 5.91 Å². The number of esters is 1. The largest absolute Gasteiger partial charge is 0.465 e. The van der Waals surface area contributed by atoms with Gasteiger partial charge in [-0.25, -0.2) is 4.79 Å². The van der Waals surface area contributed by atoms with E-state index in [1.165, 1.54) is 24.5 Å². The van der Waals surface area contributed by atoms with E-state index in [0.29, 0.717) is 10.6 Å². The zero-order valence-corrected chi connectivity index (χ0v) is 16.8. The van der Waals surface area contributed by atoms with Crippen molar-refractivity contribution in [3.8, 4) is 11.1 Å². The van der Waals surface area contributed by atoms with Crippen molar-refractivity contribution in [2.45, 2.75) is 0 Å². The number of hydrogen-bond donors (Lipinski definition) is 1. The van der Waals surface area contributed by atoms with Crippen molar-refractivity contribution in [1.29, 1.82) is 0 Å². The molecule has 0 bridgehead atoms. The smallest absolute Gasteiger partial charge is 0.341 e. The highest BCUT2D eigenvalue weighted by atomic mass is 79.9. The molecule has 0 saturated heterocycles. The summed E-state index contributed by atoms with van der Waals surface area (Å²) in [6.07, 6.45) is 3.16. The number of nitrogens with one attached hydrogen (secondary N) is 1. The number of methoxy groups -OCH3 is 1. The summed E-state index contributed by atoms with van der Waals surface area (Å²) < 4.78 is 5.87. The van der Waals surface area contributed by atoms with E-state index in [1.807, 2.05) is 60.0 Å². The maximum atomic E-state index is 12.3. The highest BCUT2D eigenvalue weighted by Crippen LogP contribution is 2.36. The summed E-state index contributed by atoms with van der Waals surface area (Å²) in [7, 11) is 1.33. The van der Waals surface area contributed by atoms with Gasteiger partial charge in [-0.15, -0.1) is 11.3 Å². The third-order valence-electron chi connectivity index (χ3n) is 3.80. The van der Waals surface area contributed by atoms with Crippen LogP contribution in [0.3, 0.4) is 0 Å². The summed E-state index contributed by atoms with van der Waals surface area (Å²) in [5, 5.41) is 5.08. The van der Waals surface area contributed by atoms with Crippen LogP contribution in [-0.2, 0) is 9.53 Å². The summed E-state index contributed by atoms with van der Waals surface area (Å²) in [5.74, 6) is -0.801. The van der Waals surface area contributed by atoms with Crippen LogP contribution >= 0.6 is 27.3 Å². The maximum Gasteiger partial charge on any atom is 0.341 e. The lowest BCUT2D eigenvalue weighted by Gasteiger charge is -2.07. The number of rotatable bonds is 5. The minimum Gasteiger partial charge on any atom is -0.465 e. The highest BCUT2D eigenvalue weighted by molar-refractivity contribution is 9.10. The Hall–Kier alpha value is -2.70. The van der Waals surface area contributed by atoms with Crippen LogP contribution in [0.1, 0.15) is 15.9 Å². The second-order valence-corrected chi connectivity index (χ2v) is 7.38. The minimum atomic E-state index is -0.489. The first kappa shape index (κ1) is 19.1. The van der Waals surface area contributed by atoms with Gasteiger partial charge in [0, 0.05) is 21.5 Å². The Labute approximate surface area is 169 Å². The second kappa shape index (κ2) is 8.79. The minimum absolute atomic E-state index is 0.312. The molecule has 0 aliphatic carbocycles. The van der Waals surface area contributed by atoms with Gasteiger partial charge in [-0.3, -0.25) is 4.79 Å². The van der Waals surface area contributed by atoms with Gasteiger partial charge in [0.2, 0.25) is 5.91 Å². The number of anilines is 1. The average molecular weight is 442 g/mol. The highest BCUT2D eigenvalue weighted by Gasteiger charge is 2.21. The summed E-state index contributed by atoms with van der Waals surface area (Å²) in [6.45, 7) is 0. The van der Waals surface area contributed by atoms with Crippen LogP contribution < -0.4 is 5.32 Å². The van der Waals surface area contributed by atoms with Crippen molar-refractivity contribution in [2.75, 3.05) is 12.4 Å². The molecule has 0 spiro atoms. The van der Waals surface area contributed by atoms with Gasteiger partial charge in [0.15, 0.2) is 0 Å². The van der Waals surface area contributed by atoms with Crippen LogP contribution in [0.15, 0.2) is 70.5 Å². The molecule has 0 atom stereocenters. The lowest BCUT2D eigenvalue weighted by molar-refractivity contribution is -0.111. The van der Waals surface area contributed by atoms with Gasteiger partial charge in [0.1, 0.15) is 10.6 Å². The third kappa shape index (κ3) is 4.72. The second-order valence-electron chi connectivity index (χ2n) is 5.59. The molecule has 2 aromatic carbocycles. The van der Waals surface area contributed by atoms with Crippen molar-refractivity contribution in [1.82, 2.24) is 0 Å². The van der Waals surface area contributed by atoms with Gasteiger partial charge in [0.25, 0.3) is 0 Å². The third-order valence-corrected chi connectivity index (χ3v) is 5.22. The van der Waals surface area contributed by atoms with Gasteiger partial charge in [0.05, 0.1) is 7.11 Å². The lowest BCUT2D eigenvalue weighted by atomic mass is 10.0. The fraction of sp³-hybridized carbons (Fsp3) is 0.0476. The Morgan fingerprint density at radius 3 is 2.44 bits per heavy atom. The Balaban J connectivity index is 1.87. The molecule has 1 heterocycles. The van der Waals surface area contributed by atoms with E-state index < -0.39 is 5.97 Å². The summed E-state index contributed by atoms with van der Waals surface area (Å²) in [5.41, 5.74) is 2.87. The standard InChI is InChI=1S/C21H16BrNO3S/c1-26-21(25)19-17(15-8-10-16(22)11-9-15)13-27-20(19)23-18(24)12-7-14-5-3-2-4-6-14/h2-13H,1H3,(H,23,24). The van der Waals surface area contributed by atoms with Crippen molar-refractivity contribution < 1.29 is 14.3 Å². The predicted octanol–water partition coefficient (Wildman–Crippen LogP) is 5.62. The topological polar surface area (TPSA) is 55.4 Å². The average Bonchev–Trinajstić information content (AvgIpc) is 3.10. The van der Waals surface area contributed by atoms with Crippen molar-refractivity contribution in [3.63, 3.8) is 0 Å². The van der Waals surface area contributed by atoms with Crippen LogP contribution in [0.2, 0.25) is 0 Å². The predicted molar refractivity (Wildman–Crippen MR) is 113 cm³/mol. The van der Waals surface area contributed by atoms with E-state index in [0.717, 1.165) is 21.2 Å². The zero-order valence-electron chi connectivity index (χ0n) is 14.4. The molecular weight excluding hydrogens is 426 g/mol. The molecule has 3 aromatic rings. The van der Waals surface area contributed by atoms with Crippen LogP contribution in [0.4, 0.5) is 5.00 Å². The van der Waals surface area contributed by atoms with Gasteiger partial charge in [-0.1, -0.05) is 58.4 Å². The number of thiophene rings is 1. The van der Waals surface area contributed by atoms with E-state index in [9.17, 15) is 9.59 Å². The number of amides is 1. The molecule has 136 valence electrons. The number of benzene rings is 2. The number of halogens is 1. The molecule has 27 heavy (non-hydrogen) atoms. The van der Waals surface area contributed by atoms with E-state index in [4.69, 9.17) is 4.74 Å². The number of carbonyl (C=O) groups is 2. The van der Waals surface area contributed by atoms with Gasteiger partial charge in [-0.05, 0) is 29.3 Å². The van der Waals surface area contributed by atoms with Crippen LogP contribution in [0.25, 0.3) is 17.2 Å². The summed E-state index contributed by atoms with van der Waals surface area (Å²) >= 11 is 4.69. The van der Waals surface area contributed by atoms with Crippen molar-refractivity contribution >= 4 is 50.2 Å². The molecule has 0 aliphatic rings. The molecule has 0 fully saturated rings. The van der Waals surface area contributed by atoms with Crippen LogP contribution in [0, 0.1) is 0 Å². The SMILES string of the molecule is COC(=O)c1c(-c2ccc(Br)cc2)csc1NC(=O)C=Cc1ccccc1. The molecular formula is C21H16BrNO3S. The molecule has 4 nitrogen and oxygen atoms in total. The van der Waals surface area contributed by atoms with E-state index >= 15 is 0 Å². The molecule has 1 N–H and O–H groups in total. The zero-order chi connectivity index (χ0) is 19.2. The number of ether oxygens (including phenoxy) is 1. The molecule has 1 amide bonds. The number of carbonyl (C=O) groups excluding carboxylic acids is 2. The molecule has 0 aliphatic heterocycles. The monoisotopic (exact) mass is 441 g/mol. The molecule has 0 radical (unpaired) electrons.